The predicted molar refractivity (Wildman–Crippen MR) is 129 cm³/mol. The number of hydrogen-bond acceptors (Lipinski definition) is 4. The second-order valence-corrected chi connectivity index (χ2v) is 8.21. The molecule has 0 aromatic heterocycles. The monoisotopic (exact) mass is 408 g/mol. The maximum absolute atomic E-state index is 4.47. The third-order valence-corrected chi connectivity index (χ3v) is 6.31. The summed E-state index contributed by atoms with van der Waals surface area (Å²) in [4.78, 5) is 2.35. The Morgan fingerprint density at radius 3 is 2.65 bits per heavy atom. The number of benzene rings is 3. The van der Waals surface area contributed by atoms with E-state index in [1.165, 1.54) is 28.0 Å². The second kappa shape index (κ2) is 8.32. The average Bonchev–Trinajstić information content (AvgIpc) is 3.22. The molecule has 31 heavy (non-hydrogen) atoms. The molecule has 4 nitrogen and oxygen atoms in total. The highest BCUT2D eigenvalue weighted by atomic mass is 15.4. The summed E-state index contributed by atoms with van der Waals surface area (Å²) in [6.45, 7) is 8.35. The molecule has 1 atom stereocenters. The van der Waals surface area contributed by atoms with Crippen molar-refractivity contribution < 1.29 is 0 Å². The molecule has 2 heterocycles. The quantitative estimate of drug-likeness (QED) is 0.520. The number of hydrogen-bond donors (Lipinski definition) is 3. The zero-order valence-electron chi connectivity index (χ0n) is 17.9. The van der Waals surface area contributed by atoms with Crippen LogP contribution in [-0.4, -0.2) is 6.54 Å². The van der Waals surface area contributed by atoms with E-state index in [2.05, 4.69) is 114 Å². The normalized spacial score (nSPS) is 17.1. The molecule has 0 spiro atoms. The van der Waals surface area contributed by atoms with Gasteiger partial charge in [0, 0.05) is 36.4 Å². The molecule has 0 aliphatic carbocycles. The lowest BCUT2D eigenvalue weighted by Crippen LogP contribution is -2.26. The lowest BCUT2D eigenvalue weighted by molar-refractivity contribution is 0.593. The Labute approximate surface area is 184 Å². The van der Waals surface area contributed by atoms with E-state index in [1.807, 2.05) is 0 Å². The SMILES string of the molecule is C=C(c1ccc(NCc2ccccc2C)cc1)N1CCC2=CNNC2c2ccccc21. The van der Waals surface area contributed by atoms with Crippen LogP contribution in [0.5, 0.6) is 0 Å². The molecular formula is C27H28N4. The van der Waals surface area contributed by atoms with Gasteiger partial charge in [0.25, 0.3) is 0 Å². The van der Waals surface area contributed by atoms with E-state index >= 15 is 0 Å². The fraction of sp³-hybridized carbons (Fsp3) is 0.185. The summed E-state index contributed by atoms with van der Waals surface area (Å²) >= 11 is 0. The van der Waals surface area contributed by atoms with E-state index in [9.17, 15) is 0 Å². The summed E-state index contributed by atoms with van der Waals surface area (Å²) < 4.78 is 0. The Morgan fingerprint density at radius 1 is 1.03 bits per heavy atom. The number of fused-ring (bicyclic) bond motifs is 3. The van der Waals surface area contributed by atoms with Crippen LogP contribution in [-0.2, 0) is 6.54 Å². The van der Waals surface area contributed by atoms with Gasteiger partial charge in [-0.3, -0.25) is 0 Å². The Bertz CT molecular complexity index is 1130. The predicted octanol–water partition coefficient (Wildman–Crippen LogP) is 5.52. The first-order valence-corrected chi connectivity index (χ1v) is 10.8. The number of hydrazine groups is 1. The lowest BCUT2D eigenvalue weighted by Gasteiger charge is -2.28. The van der Waals surface area contributed by atoms with Crippen LogP contribution in [0.4, 0.5) is 11.4 Å². The summed E-state index contributed by atoms with van der Waals surface area (Å²) in [5, 5.41) is 3.53. The van der Waals surface area contributed by atoms with Gasteiger partial charge in [0.2, 0.25) is 0 Å². The van der Waals surface area contributed by atoms with Crippen molar-refractivity contribution in [3.8, 4) is 0 Å². The van der Waals surface area contributed by atoms with Crippen molar-refractivity contribution in [1.29, 1.82) is 0 Å². The third-order valence-electron chi connectivity index (χ3n) is 6.31. The first-order chi connectivity index (χ1) is 15.2. The number of aryl methyl sites for hydroxylation is 1. The molecular weight excluding hydrogens is 380 g/mol. The molecule has 5 rings (SSSR count). The van der Waals surface area contributed by atoms with Gasteiger partial charge in [-0.1, -0.05) is 61.2 Å². The Morgan fingerprint density at radius 2 is 1.81 bits per heavy atom. The highest BCUT2D eigenvalue weighted by Crippen LogP contribution is 2.39. The minimum absolute atomic E-state index is 0.224. The Kier molecular flexibility index (Phi) is 5.23. The van der Waals surface area contributed by atoms with Gasteiger partial charge in [-0.2, -0.15) is 0 Å². The third kappa shape index (κ3) is 3.82. The van der Waals surface area contributed by atoms with Gasteiger partial charge in [0.05, 0.1) is 6.04 Å². The van der Waals surface area contributed by atoms with Crippen molar-refractivity contribution in [3.05, 3.63) is 113 Å². The molecule has 4 heteroatoms. The van der Waals surface area contributed by atoms with Crippen LogP contribution >= 0.6 is 0 Å². The van der Waals surface area contributed by atoms with Gasteiger partial charge in [0.15, 0.2) is 0 Å². The Hall–Kier alpha value is -3.50. The van der Waals surface area contributed by atoms with Crippen LogP contribution in [0, 0.1) is 6.92 Å². The number of anilines is 2. The van der Waals surface area contributed by atoms with Gasteiger partial charge in [-0.15, -0.1) is 0 Å². The number of para-hydroxylation sites is 1. The van der Waals surface area contributed by atoms with Gasteiger partial charge in [-0.05, 0) is 59.4 Å². The average molecular weight is 409 g/mol. The molecule has 0 fully saturated rings. The molecule has 1 unspecified atom stereocenters. The van der Waals surface area contributed by atoms with Crippen molar-refractivity contribution in [2.24, 2.45) is 0 Å². The summed E-state index contributed by atoms with van der Waals surface area (Å²) in [7, 11) is 0. The molecule has 2 aliphatic heterocycles. The summed E-state index contributed by atoms with van der Waals surface area (Å²) in [6, 6.07) is 25.9. The molecule has 3 aromatic rings. The van der Waals surface area contributed by atoms with E-state index in [4.69, 9.17) is 0 Å². The van der Waals surface area contributed by atoms with Crippen molar-refractivity contribution in [2.45, 2.75) is 25.9 Å². The van der Waals surface area contributed by atoms with E-state index < -0.39 is 0 Å². The zero-order valence-corrected chi connectivity index (χ0v) is 17.9. The van der Waals surface area contributed by atoms with E-state index in [1.54, 1.807) is 0 Å². The van der Waals surface area contributed by atoms with Gasteiger partial charge >= 0.3 is 0 Å². The molecule has 3 N–H and O–H groups in total. The maximum Gasteiger partial charge on any atom is 0.0758 e. The smallest absolute Gasteiger partial charge is 0.0758 e. The van der Waals surface area contributed by atoms with Crippen molar-refractivity contribution in [2.75, 3.05) is 16.8 Å². The van der Waals surface area contributed by atoms with Gasteiger partial charge in [0.1, 0.15) is 0 Å². The fourth-order valence-electron chi connectivity index (χ4n) is 4.45. The van der Waals surface area contributed by atoms with Gasteiger partial charge in [-0.25, -0.2) is 5.43 Å². The Balaban J connectivity index is 1.34. The van der Waals surface area contributed by atoms with Crippen LogP contribution in [0.15, 0.2) is 91.1 Å². The number of rotatable bonds is 5. The van der Waals surface area contributed by atoms with Crippen LogP contribution in [0.25, 0.3) is 5.70 Å². The molecule has 3 aromatic carbocycles. The fourth-order valence-corrected chi connectivity index (χ4v) is 4.45. The van der Waals surface area contributed by atoms with Crippen molar-refractivity contribution in [3.63, 3.8) is 0 Å². The van der Waals surface area contributed by atoms with Crippen LogP contribution in [0.2, 0.25) is 0 Å². The molecule has 0 amide bonds. The molecule has 2 aliphatic rings. The van der Waals surface area contributed by atoms with E-state index in [0.29, 0.717) is 0 Å². The largest absolute Gasteiger partial charge is 0.381 e. The highest BCUT2D eigenvalue weighted by Gasteiger charge is 2.29. The number of nitrogens with one attached hydrogen (secondary N) is 3. The van der Waals surface area contributed by atoms with Crippen LogP contribution < -0.4 is 21.1 Å². The second-order valence-electron chi connectivity index (χ2n) is 8.21. The number of nitrogens with zero attached hydrogens (tertiary/aromatic N) is 1. The minimum Gasteiger partial charge on any atom is -0.381 e. The first kappa shape index (κ1) is 19.5. The standard InChI is InChI=1S/C27H28N4/c1-19-7-3-4-8-22(19)17-28-24-13-11-21(12-14-24)20(2)31-16-15-23-18-29-30-27(23)25-9-5-6-10-26(25)31/h3-14,18,27-30H,2,15-17H2,1H3. The molecule has 0 bridgehead atoms. The lowest BCUT2D eigenvalue weighted by atomic mass is 9.99. The molecule has 156 valence electrons. The summed E-state index contributed by atoms with van der Waals surface area (Å²) in [5.74, 6) is 0. The highest BCUT2D eigenvalue weighted by molar-refractivity contribution is 5.81. The topological polar surface area (TPSA) is 39.3 Å². The zero-order chi connectivity index (χ0) is 21.2. The van der Waals surface area contributed by atoms with Gasteiger partial charge < -0.3 is 15.6 Å². The summed E-state index contributed by atoms with van der Waals surface area (Å²) in [6.07, 6.45) is 3.09. The molecule has 0 saturated carbocycles. The molecule has 0 saturated heterocycles. The first-order valence-electron chi connectivity index (χ1n) is 10.8. The van der Waals surface area contributed by atoms with E-state index in [-0.39, 0.29) is 6.04 Å². The van der Waals surface area contributed by atoms with Crippen molar-refractivity contribution in [1.82, 2.24) is 10.9 Å². The van der Waals surface area contributed by atoms with Crippen LogP contribution in [0.1, 0.15) is 34.7 Å². The maximum atomic E-state index is 4.47. The van der Waals surface area contributed by atoms with Crippen molar-refractivity contribution >= 4 is 17.1 Å². The van der Waals surface area contributed by atoms with E-state index in [0.717, 1.165) is 36.5 Å². The minimum atomic E-state index is 0.224. The van der Waals surface area contributed by atoms with Crippen LogP contribution in [0.3, 0.4) is 0 Å². The molecule has 0 radical (unpaired) electrons. The summed E-state index contributed by atoms with van der Waals surface area (Å²) in [5.41, 5.74) is 16.4.